The second-order valence-corrected chi connectivity index (χ2v) is 18.8. The molecule has 2 heterocycles. The summed E-state index contributed by atoms with van der Waals surface area (Å²) in [6, 6.07) is -4.47. The van der Waals surface area contributed by atoms with Crippen LogP contribution in [0.3, 0.4) is 0 Å². The number of nitrogens with zero attached hydrogens (tertiary/aromatic N) is 1. The van der Waals surface area contributed by atoms with Crippen molar-refractivity contribution in [1.82, 2.24) is 42.1 Å². The number of benzene rings is 1. The number of hydrogen-bond donors (Lipinski definition) is 12. The molecule has 394 valence electrons. The van der Waals surface area contributed by atoms with Crippen molar-refractivity contribution < 1.29 is 57.8 Å². The van der Waals surface area contributed by atoms with E-state index in [1.807, 2.05) is 13.8 Å². The maximum Gasteiger partial charge on any atom is 0.245 e. The normalized spacial score (nSPS) is 24.3. The van der Waals surface area contributed by atoms with Crippen LogP contribution in [0.15, 0.2) is 24.3 Å². The van der Waals surface area contributed by atoms with Gasteiger partial charge >= 0.3 is 0 Å². The largest absolute Gasteiger partial charge is 0.508 e. The van der Waals surface area contributed by atoms with Crippen molar-refractivity contribution in [1.29, 1.82) is 0 Å². The van der Waals surface area contributed by atoms with Crippen LogP contribution in [-0.2, 0) is 59.2 Å². The number of likely N-dealkylation sites (tertiary alicyclic amines) is 1. The monoisotopic (exact) mass is 999 g/mol. The molecule has 0 saturated carbocycles. The molecule has 3 rings (SSSR count). The molecule has 9 atom stereocenters. The maximum atomic E-state index is 14.5. The lowest BCUT2D eigenvalue weighted by molar-refractivity contribution is -0.143. The zero-order valence-corrected chi connectivity index (χ0v) is 41.1. The van der Waals surface area contributed by atoms with Crippen molar-refractivity contribution in [3.05, 3.63) is 29.8 Å². The van der Waals surface area contributed by atoms with Gasteiger partial charge in [-0.25, -0.2) is 0 Å². The lowest BCUT2D eigenvalue weighted by atomic mass is 9.96. The van der Waals surface area contributed by atoms with E-state index in [4.69, 9.17) is 22.9 Å². The number of carbonyl (C=O) groups excluding carboxylic acids is 11. The molecule has 24 heteroatoms. The summed E-state index contributed by atoms with van der Waals surface area (Å²) in [5.74, 6) is -9.62. The van der Waals surface area contributed by atoms with Gasteiger partial charge in [0.15, 0.2) is 0 Å². The zero-order chi connectivity index (χ0) is 52.9. The van der Waals surface area contributed by atoms with Gasteiger partial charge in [-0.3, -0.25) is 52.7 Å². The van der Waals surface area contributed by atoms with E-state index in [1.54, 1.807) is 26.0 Å². The lowest BCUT2D eigenvalue weighted by Crippen LogP contribution is -2.61. The number of nitrogens with two attached hydrogens (primary N) is 4. The SMILES string of the molecule is CC[C@@H](C)[C@@H]1NC(=O)[C@H](Cc2ccc(O)cc2)NC(=O)[C@@H](N)CCCCCC[C@@H](C(=O)N2CCC[C@H]2C(=O)N[C@@H](CC(C)C)C(=O)NCC(N)=O)NC(=O)[C@H](CC(N)=O)NC(=O)[C@H](CCC(N)=O)NC1=O. The third kappa shape index (κ3) is 19.5. The molecule has 0 bridgehead atoms. The molecule has 1 aromatic carbocycles. The Morgan fingerprint density at radius 2 is 1.32 bits per heavy atom. The summed E-state index contributed by atoms with van der Waals surface area (Å²) >= 11 is 0. The predicted molar refractivity (Wildman–Crippen MR) is 257 cm³/mol. The molecule has 1 aromatic rings. The molecule has 0 unspecified atom stereocenters. The first-order valence-electron chi connectivity index (χ1n) is 24.3. The average Bonchev–Trinajstić information content (AvgIpc) is 3.81. The number of aromatic hydroxyl groups is 1. The molecule has 2 fully saturated rings. The van der Waals surface area contributed by atoms with E-state index in [0.717, 1.165) is 0 Å². The molecule has 16 N–H and O–H groups in total. The quantitative estimate of drug-likeness (QED) is 0.0760. The summed E-state index contributed by atoms with van der Waals surface area (Å²) in [5.41, 5.74) is 23.1. The maximum absolute atomic E-state index is 14.5. The fraction of sp³-hybridized carbons (Fsp3) is 0.638. The summed E-state index contributed by atoms with van der Waals surface area (Å²) in [6.07, 6.45) is 1.43. The molecule has 2 aliphatic rings. The Labute approximate surface area is 413 Å². The van der Waals surface area contributed by atoms with Crippen LogP contribution >= 0.6 is 0 Å². The minimum atomic E-state index is -1.72. The van der Waals surface area contributed by atoms with Crippen LogP contribution in [0.2, 0.25) is 0 Å². The first-order valence-corrected chi connectivity index (χ1v) is 24.3. The summed E-state index contributed by atoms with van der Waals surface area (Å²) in [7, 11) is 0. The Kier molecular flexibility index (Phi) is 23.7. The van der Waals surface area contributed by atoms with E-state index < -0.39 is 139 Å². The summed E-state index contributed by atoms with van der Waals surface area (Å²) in [6.45, 7) is 6.72. The number of carbonyl (C=O) groups is 11. The topological polar surface area (TPSA) is 400 Å². The van der Waals surface area contributed by atoms with Crippen molar-refractivity contribution in [3.63, 3.8) is 0 Å². The van der Waals surface area contributed by atoms with Gasteiger partial charge in [0.1, 0.15) is 48.0 Å². The number of nitrogens with one attached hydrogen (secondary N) is 7. The Bertz CT molecular complexity index is 2070. The Morgan fingerprint density at radius 1 is 0.718 bits per heavy atom. The van der Waals surface area contributed by atoms with Gasteiger partial charge in [0.05, 0.1) is 19.0 Å². The van der Waals surface area contributed by atoms with Crippen molar-refractivity contribution >= 4 is 65.0 Å². The van der Waals surface area contributed by atoms with Gasteiger partial charge in [0.2, 0.25) is 65.0 Å². The van der Waals surface area contributed by atoms with Crippen molar-refractivity contribution in [2.45, 2.75) is 166 Å². The van der Waals surface area contributed by atoms with Gasteiger partial charge in [-0.2, -0.15) is 0 Å². The predicted octanol–water partition coefficient (Wildman–Crippen LogP) is -2.65. The van der Waals surface area contributed by atoms with Gasteiger partial charge in [-0.1, -0.05) is 71.9 Å². The van der Waals surface area contributed by atoms with Gasteiger partial charge in [-0.15, -0.1) is 0 Å². The number of phenolic OH excluding ortho intramolecular Hbond substituents is 1. The molecule has 2 aliphatic heterocycles. The van der Waals surface area contributed by atoms with E-state index in [1.165, 1.54) is 17.0 Å². The van der Waals surface area contributed by atoms with Crippen molar-refractivity contribution in [2.24, 2.45) is 34.8 Å². The smallest absolute Gasteiger partial charge is 0.245 e. The van der Waals surface area contributed by atoms with E-state index in [9.17, 15) is 57.8 Å². The summed E-state index contributed by atoms with van der Waals surface area (Å²) in [5, 5.41) is 28.0. The Morgan fingerprint density at radius 3 is 1.93 bits per heavy atom. The highest BCUT2D eigenvalue weighted by atomic mass is 16.3. The van der Waals surface area contributed by atoms with Crippen LogP contribution in [-0.4, -0.2) is 136 Å². The summed E-state index contributed by atoms with van der Waals surface area (Å²) in [4.78, 5) is 148. The average molecular weight is 999 g/mol. The molecule has 24 nitrogen and oxygen atoms in total. The molecular weight excluding hydrogens is 925 g/mol. The van der Waals surface area contributed by atoms with Crippen LogP contribution in [0, 0.1) is 11.8 Å². The van der Waals surface area contributed by atoms with Crippen LogP contribution in [0.1, 0.15) is 117 Å². The second-order valence-electron chi connectivity index (χ2n) is 18.8. The fourth-order valence-corrected chi connectivity index (χ4v) is 8.31. The van der Waals surface area contributed by atoms with Gasteiger partial charge in [0, 0.05) is 19.4 Å². The Hall–Kier alpha value is -6.85. The molecule has 0 radical (unpaired) electrons. The number of primary amides is 3. The minimum Gasteiger partial charge on any atom is -0.508 e. The lowest BCUT2D eigenvalue weighted by Gasteiger charge is -2.31. The highest BCUT2D eigenvalue weighted by molar-refractivity contribution is 5.99. The molecule has 0 aliphatic carbocycles. The fourth-order valence-electron chi connectivity index (χ4n) is 8.31. The van der Waals surface area contributed by atoms with E-state index in [2.05, 4.69) is 37.2 Å². The molecule has 71 heavy (non-hydrogen) atoms. The number of amides is 11. The van der Waals surface area contributed by atoms with Gasteiger partial charge in [-0.05, 0) is 68.1 Å². The van der Waals surface area contributed by atoms with E-state index in [0.29, 0.717) is 44.1 Å². The summed E-state index contributed by atoms with van der Waals surface area (Å²) < 4.78 is 0. The van der Waals surface area contributed by atoms with Crippen molar-refractivity contribution in [3.8, 4) is 5.75 Å². The number of hydrogen-bond acceptors (Lipinski definition) is 13. The van der Waals surface area contributed by atoms with Crippen LogP contribution in [0.25, 0.3) is 0 Å². The van der Waals surface area contributed by atoms with E-state index >= 15 is 0 Å². The Balaban J connectivity index is 2.02. The second kappa shape index (κ2) is 28.7. The molecular formula is C47H74N12O12. The molecule has 0 aromatic heterocycles. The molecule has 0 spiro atoms. The van der Waals surface area contributed by atoms with Crippen LogP contribution in [0.5, 0.6) is 5.75 Å². The molecule has 11 amide bonds. The highest BCUT2D eigenvalue weighted by Gasteiger charge is 2.40. The van der Waals surface area contributed by atoms with Crippen molar-refractivity contribution in [2.75, 3.05) is 13.1 Å². The van der Waals surface area contributed by atoms with Crippen LogP contribution in [0.4, 0.5) is 0 Å². The standard InChI is InChI=1S/C47H74N12O12/c1-5-26(4)39-46(70)53-30(18-19-36(49)61)42(66)56-34(23-37(50)62)43(67)54-31(47(71)59-20-10-13-35(59)45(69)57-32(21-25(2)3)41(65)52-24-38(51)63)12-9-7-6-8-11-29(48)40(64)55-33(44(68)58-39)22-27-14-16-28(60)17-15-27/h14-17,25-26,29-35,39,60H,5-13,18-24,48H2,1-4H3,(H2,49,61)(H2,50,62)(H2,51,63)(H,52,65)(H,53,70)(H,54,67)(H,55,64)(H,56,66)(H,57,69)(H,58,68)/t26-,29+,30+,31+,32+,33+,34+,35+,39+/m1/s1. The van der Waals surface area contributed by atoms with Crippen LogP contribution < -0.4 is 60.2 Å². The molecule has 2 saturated heterocycles. The van der Waals surface area contributed by atoms with Gasteiger partial charge < -0.3 is 70.2 Å². The first kappa shape index (κ1) is 58.5. The third-order valence-electron chi connectivity index (χ3n) is 12.5. The first-order chi connectivity index (χ1) is 33.5. The third-order valence-corrected chi connectivity index (χ3v) is 12.5. The number of rotatable bonds is 17. The van der Waals surface area contributed by atoms with E-state index in [-0.39, 0.29) is 56.7 Å². The van der Waals surface area contributed by atoms with Gasteiger partial charge in [0.25, 0.3) is 0 Å². The minimum absolute atomic E-state index is 0.00698. The highest BCUT2D eigenvalue weighted by Crippen LogP contribution is 2.22. The zero-order valence-electron chi connectivity index (χ0n) is 41.1. The number of phenols is 1.